The molecule has 0 aromatic heterocycles. The molecule has 0 bridgehead atoms. The lowest BCUT2D eigenvalue weighted by Crippen LogP contribution is -2.46. The van der Waals surface area contributed by atoms with E-state index in [1.165, 1.54) is 6.07 Å². The van der Waals surface area contributed by atoms with Gasteiger partial charge in [-0.15, -0.1) is 12.4 Å². The molecule has 0 spiro atoms. The van der Waals surface area contributed by atoms with E-state index in [1.54, 1.807) is 4.90 Å². The minimum atomic E-state index is -4.83. The standard InChI is InChI=1S/C13H15F5N2.ClH/c14-8-11(20-6-4-19-5-7-20)9-2-1-3-10(15)12(9)13(16,17)18;/h1-3,11,19H,4-8H2;1H/t11-;/m0./s1. The molecule has 1 atom stereocenters. The average Bonchev–Trinajstić information content (AvgIpc) is 2.39. The molecular weight excluding hydrogens is 315 g/mol. The molecule has 1 N–H and O–H groups in total. The molecule has 0 saturated carbocycles. The van der Waals surface area contributed by atoms with Gasteiger partial charge in [0.15, 0.2) is 0 Å². The zero-order chi connectivity index (χ0) is 14.8. The molecule has 0 aliphatic carbocycles. The second-order valence-corrected chi connectivity index (χ2v) is 4.66. The van der Waals surface area contributed by atoms with Gasteiger partial charge in [-0.1, -0.05) is 12.1 Å². The summed E-state index contributed by atoms with van der Waals surface area (Å²) in [5.41, 5.74) is -1.69. The van der Waals surface area contributed by atoms with Gasteiger partial charge in [-0.2, -0.15) is 13.2 Å². The fraction of sp³-hybridized carbons (Fsp3) is 0.538. The molecule has 1 aliphatic heterocycles. The van der Waals surface area contributed by atoms with Crippen LogP contribution < -0.4 is 5.32 Å². The number of hydrogen-bond acceptors (Lipinski definition) is 2. The van der Waals surface area contributed by atoms with Gasteiger partial charge in [0.25, 0.3) is 0 Å². The molecule has 120 valence electrons. The second-order valence-electron chi connectivity index (χ2n) is 4.66. The fourth-order valence-corrected chi connectivity index (χ4v) is 2.49. The number of benzene rings is 1. The topological polar surface area (TPSA) is 15.3 Å². The van der Waals surface area contributed by atoms with Crippen molar-refractivity contribution in [3.63, 3.8) is 0 Å². The third-order valence-corrected chi connectivity index (χ3v) is 3.43. The van der Waals surface area contributed by atoms with Crippen LogP contribution in [-0.2, 0) is 6.18 Å². The minimum absolute atomic E-state index is 0. The Bertz CT molecular complexity index is 460. The van der Waals surface area contributed by atoms with Gasteiger partial charge in [-0.25, -0.2) is 8.78 Å². The summed E-state index contributed by atoms with van der Waals surface area (Å²) in [7, 11) is 0. The maximum absolute atomic E-state index is 13.5. The SMILES string of the molecule is Cl.FC[C@@H](c1cccc(F)c1C(F)(F)F)N1CCNCC1. The van der Waals surface area contributed by atoms with Gasteiger partial charge in [-0.3, -0.25) is 4.90 Å². The molecule has 21 heavy (non-hydrogen) atoms. The largest absolute Gasteiger partial charge is 0.419 e. The van der Waals surface area contributed by atoms with Crippen molar-refractivity contribution in [2.45, 2.75) is 12.2 Å². The van der Waals surface area contributed by atoms with Gasteiger partial charge in [0.05, 0.1) is 11.6 Å². The van der Waals surface area contributed by atoms with E-state index in [-0.39, 0.29) is 18.0 Å². The van der Waals surface area contributed by atoms with Crippen LogP contribution in [0.15, 0.2) is 18.2 Å². The Morgan fingerprint density at radius 3 is 2.33 bits per heavy atom. The third kappa shape index (κ3) is 4.05. The molecule has 1 aromatic rings. The summed E-state index contributed by atoms with van der Waals surface area (Å²) < 4.78 is 65.8. The van der Waals surface area contributed by atoms with Crippen LogP contribution in [0.5, 0.6) is 0 Å². The first kappa shape index (κ1) is 18.1. The van der Waals surface area contributed by atoms with Crippen LogP contribution in [-0.4, -0.2) is 37.8 Å². The first-order valence-electron chi connectivity index (χ1n) is 6.31. The lowest BCUT2D eigenvalue weighted by atomic mass is 9.98. The van der Waals surface area contributed by atoms with Crippen LogP contribution >= 0.6 is 12.4 Å². The lowest BCUT2D eigenvalue weighted by molar-refractivity contribution is -0.141. The van der Waals surface area contributed by atoms with Crippen molar-refractivity contribution in [3.05, 3.63) is 35.1 Å². The van der Waals surface area contributed by atoms with Gasteiger partial charge in [0.2, 0.25) is 0 Å². The number of nitrogens with zero attached hydrogens (tertiary/aromatic N) is 1. The summed E-state index contributed by atoms with van der Waals surface area (Å²) in [6.07, 6.45) is -4.83. The molecule has 0 amide bonds. The van der Waals surface area contributed by atoms with Crippen molar-refractivity contribution < 1.29 is 22.0 Å². The Morgan fingerprint density at radius 2 is 1.81 bits per heavy atom. The number of rotatable bonds is 3. The molecule has 0 unspecified atom stereocenters. The fourth-order valence-electron chi connectivity index (χ4n) is 2.49. The van der Waals surface area contributed by atoms with E-state index in [9.17, 15) is 22.0 Å². The van der Waals surface area contributed by atoms with E-state index >= 15 is 0 Å². The van der Waals surface area contributed by atoms with Crippen molar-refractivity contribution in [3.8, 4) is 0 Å². The highest BCUT2D eigenvalue weighted by atomic mass is 35.5. The number of nitrogens with one attached hydrogen (secondary N) is 1. The Labute approximate surface area is 125 Å². The number of piperazine rings is 1. The van der Waals surface area contributed by atoms with Crippen molar-refractivity contribution >= 4 is 12.4 Å². The van der Waals surface area contributed by atoms with Crippen LogP contribution in [0, 0.1) is 5.82 Å². The van der Waals surface area contributed by atoms with Crippen LogP contribution in [0.2, 0.25) is 0 Å². The van der Waals surface area contributed by atoms with E-state index in [0.29, 0.717) is 26.2 Å². The molecule has 1 heterocycles. The molecule has 1 aromatic carbocycles. The summed E-state index contributed by atoms with van der Waals surface area (Å²) >= 11 is 0. The summed E-state index contributed by atoms with van der Waals surface area (Å²) in [6, 6.07) is 2.02. The molecule has 2 rings (SSSR count). The maximum Gasteiger partial charge on any atom is 0.419 e. The van der Waals surface area contributed by atoms with Crippen LogP contribution in [0.1, 0.15) is 17.2 Å². The summed E-state index contributed by atoms with van der Waals surface area (Å²) in [6.45, 7) is 1.04. The Hall–Kier alpha value is -0.920. The van der Waals surface area contributed by atoms with Crippen molar-refractivity contribution in [1.82, 2.24) is 10.2 Å². The second kappa shape index (κ2) is 7.38. The molecule has 2 nitrogen and oxygen atoms in total. The summed E-state index contributed by atoms with van der Waals surface area (Å²) in [4.78, 5) is 1.61. The van der Waals surface area contributed by atoms with Gasteiger partial charge in [-0.05, 0) is 11.6 Å². The number of halogens is 6. The highest BCUT2D eigenvalue weighted by molar-refractivity contribution is 5.85. The molecule has 8 heteroatoms. The van der Waals surface area contributed by atoms with Gasteiger partial charge in [0.1, 0.15) is 12.5 Å². The Balaban J connectivity index is 0.00000220. The van der Waals surface area contributed by atoms with E-state index < -0.39 is 30.3 Å². The smallest absolute Gasteiger partial charge is 0.314 e. The highest BCUT2D eigenvalue weighted by Crippen LogP contribution is 2.38. The van der Waals surface area contributed by atoms with Crippen molar-refractivity contribution in [2.24, 2.45) is 0 Å². The predicted octanol–water partition coefficient (Wildman–Crippen LogP) is 3.18. The quantitative estimate of drug-likeness (QED) is 0.856. The highest BCUT2D eigenvalue weighted by Gasteiger charge is 2.39. The number of alkyl halides is 4. The molecular formula is C13H16ClF5N2. The maximum atomic E-state index is 13.5. The minimum Gasteiger partial charge on any atom is -0.314 e. The average molecular weight is 331 g/mol. The third-order valence-electron chi connectivity index (χ3n) is 3.43. The Morgan fingerprint density at radius 1 is 1.19 bits per heavy atom. The van der Waals surface area contributed by atoms with E-state index in [4.69, 9.17) is 0 Å². The van der Waals surface area contributed by atoms with E-state index in [0.717, 1.165) is 12.1 Å². The summed E-state index contributed by atoms with van der Waals surface area (Å²) in [5.74, 6) is -1.36. The number of hydrogen-bond donors (Lipinski definition) is 1. The zero-order valence-corrected chi connectivity index (χ0v) is 11.9. The van der Waals surface area contributed by atoms with Crippen molar-refractivity contribution in [2.75, 3.05) is 32.9 Å². The lowest BCUT2D eigenvalue weighted by Gasteiger charge is -2.34. The summed E-state index contributed by atoms with van der Waals surface area (Å²) in [5, 5.41) is 3.04. The van der Waals surface area contributed by atoms with Gasteiger partial charge >= 0.3 is 6.18 Å². The normalized spacial score (nSPS) is 18.1. The first-order valence-corrected chi connectivity index (χ1v) is 6.31. The van der Waals surface area contributed by atoms with Gasteiger partial charge in [0, 0.05) is 26.2 Å². The predicted molar refractivity (Wildman–Crippen MR) is 71.8 cm³/mol. The van der Waals surface area contributed by atoms with Crippen LogP contribution in [0.3, 0.4) is 0 Å². The van der Waals surface area contributed by atoms with Crippen molar-refractivity contribution in [1.29, 1.82) is 0 Å². The molecule has 1 aliphatic rings. The molecule has 1 saturated heterocycles. The molecule has 0 radical (unpaired) electrons. The first-order chi connectivity index (χ1) is 9.45. The van der Waals surface area contributed by atoms with Crippen LogP contribution in [0.4, 0.5) is 22.0 Å². The Kier molecular flexibility index (Phi) is 6.37. The van der Waals surface area contributed by atoms with E-state index in [2.05, 4.69) is 5.32 Å². The zero-order valence-electron chi connectivity index (χ0n) is 11.1. The van der Waals surface area contributed by atoms with Gasteiger partial charge < -0.3 is 5.32 Å². The van der Waals surface area contributed by atoms with Crippen LogP contribution in [0.25, 0.3) is 0 Å². The monoisotopic (exact) mass is 330 g/mol. The molecule has 1 fully saturated rings. The van der Waals surface area contributed by atoms with E-state index in [1.807, 2.05) is 0 Å².